The number of amides is 2. The molecule has 0 spiro atoms. The average Bonchev–Trinajstić information content (AvgIpc) is 3.09. The minimum Gasteiger partial charge on any atom is -0.486 e. The van der Waals surface area contributed by atoms with E-state index in [-0.39, 0.29) is 18.2 Å². The first-order valence-electron chi connectivity index (χ1n) is 7.57. The van der Waals surface area contributed by atoms with Crippen molar-refractivity contribution in [1.82, 2.24) is 10.2 Å². The predicted octanol–water partition coefficient (Wildman–Crippen LogP) is 3.29. The van der Waals surface area contributed by atoms with Gasteiger partial charge in [0, 0.05) is 11.9 Å². The summed E-state index contributed by atoms with van der Waals surface area (Å²) in [4.78, 5) is 15.1. The number of thiophene rings is 1. The van der Waals surface area contributed by atoms with Gasteiger partial charge in [0.2, 0.25) is 0 Å². The van der Waals surface area contributed by atoms with E-state index in [0.717, 1.165) is 16.4 Å². The average molecular weight is 332 g/mol. The second-order valence-electron chi connectivity index (χ2n) is 5.56. The van der Waals surface area contributed by atoms with Gasteiger partial charge in [-0.25, -0.2) is 4.79 Å². The molecular formula is C17H20N2O3S. The van der Waals surface area contributed by atoms with Gasteiger partial charge in [-0.05, 0) is 30.5 Å². The maximum Gasteiger partial charge on any atom is 0.317 e. The number of carbonyl (C=O) groups is 1. The molecule has 0 radical (unpaired) electrons. The molecule has 1 N–H and O–H groups in total. The number of urea groups is 1. The second kappa shape index (κ2) is 6.91. The lowest BCUT2D eigenvalue weighted by atomic mass is 10.2. The number of hydrogen-bond donors (Lipinski definition) is 1. The van der Waals surface area contributed by atoms with E-state index in [1.807, 2.05) is 48.7 Å². The van der Waals surface area contributed by atoms with E-state index in [0.29, 0.717) is 13.2 Å². The molecule has 1 aliphatic heterocycles. The fourth-order valence-corrected chi connectivity index (χ4v) is 3.18. The van der Waals surface area contributed by atoms with Gasteiger partial charge in [0.1, 0.15) is 6.61 Å². The number of nitrogens with one attached hydrogen (secondary N) is 1. The summed E-state index contributed by atoms with van der Waals surface area (Å²) >= 11 is 1.63. The summed E-state index contributed by atoms with van der Waals surface area (Å²) in [6.07, 6.45) is -0.169. The molecule has 0 bridgehead atoms. The highest BCUT2D eigenvalue weighted by molar-refractivity contribution is 7.10. The largest absolute Gasteiger partial charge is 0.486 e. The summed E-state index contributed by atoms with van der Waals surface area (Å²) in [5.74, 6) is 1.48. The number of para-hydroxylation sites is 2. The van der Waals surface area contributed by atoms with Crippen LogP contribution in [-0.4, -0.2) is 37.2 Å². The minimum atomic E-state index is -0.169. The SMILES string of the molecule is C[C@H](NC(=O)N(C)C[C@H]1COc2ccccc2O1)c1cccs1. The van der Waals surface area contributed by atoms with Gasteiger partial charge in [0.05, 0.1) is 12.6 Å². The highest BCUT2D eigenvalue weighted by Crippen LogP contribution is 2.31. The monoisotopic (exact) mass is 332 g/mol. The smallest absolute Gasteiger partial charge is 0.317 e. The normalized spacial score (nSPS) is 17.4. The van der Waals surface area contributed by atoms with E-state index in [2.05, 4.69) is 5.32 Å². The van der Waals surface area contributed by atoms with Crippen molar-refractivity contribution in [3.8, 4) is 11.5 Å². The standard InChI is InChI=1S/C17H20N2O3S/c1-12(16-8-5-9-23-16)18-17(20)19(2)10-13-11-21-14-6-3-4-7-15(14)22-13/h3-9,12-13H,10-11H2,1-2H3,(H,18,20)/t12-,13-/m0/s1. The number of fused-ring (bicyclic) bond motifs is 1. The van der Waals surface area contributed by atoms with Gasteiger partial charge in [0.25, 0.3) is 0 Å². The van der Waals surface area contributed by atoms with Crippen LogP contribution in [0.4, 0.5) is 4.79 Å². The Hall–Kier alpha value is -2.21. The van der Waals surface area contributed by atoms with Gasteiger partial charge in [-0.15, -0.1) is 11.3 Å². The summed E-state index contributed by atoms with van der Waals surface area (Å²) in [5, 5.41) is 5.00. The summed E-state index contributed by atoms with van der Waals surface area (Å²) in [6.45, 7) is 2.89. The van der Waals surface area contributed by atoms with Gasteiger partial charge in [-0.1, -0.05) is 18.2 Å². The molecule has 1 aromatic carbocycles. The third-order valence-electron chi connectivity index (χ3n) is 3.70. The maximum atomic E-state index is 12.3. The van der Waals surface area contributed by atoms with E-state index in [1.165, 1.54) is 0 Å². The lowest BCUT2D eigenvalue weighted by Gasteiger charge is -2.30. The van der Waals surface area contributed by atoms with Crippen molar-refractivity contribution >= 4 is 17.4 Å². The molecule has 122 valence electrons. The maximum absolute atomic E-state index is 12.3. The molecule has 2 heterocycles. The fraction of sp³-hybridized carbons (Fsp3) is 0.353. The zero-order valence-corrected chi connectivity index (χ0v) is 14.0. The fourth-order valence-electron chi connectivity index (χ4n) is 2.45. The number of nitrogens with zero attached hydrogens (tertiary/aromatic N) is 1. The van der Waals surface area contributed by atoms with Crippen molar-refractivity contribution in [3.63, 3.8) is 0 Å². The number of carbonyl (C=O) groups excluding carboxylic acids is 1. The Morgan fingerprint density at radius 3 is 2.87 bits per heavy atom. The van der Waals surface area contributed by atoms with Crippen LogP contribution in [0.2, 0.25) is 0 Å². The first kappa shape index (κ1) is 15.7. The van der Waals surface area contributed by atoms with E-state index in [4.69, 9.17) is 9.47 Å². The van der Waals surface area contributed by atoms with Crippen LogP contribution in [-0.2, 0) is 0 Å². The van der Waals surface area contributed by atoms with Crippen LogP contribution < -0.4 is 14.8 Å². The topological polar surface area (TPSA) is 50.8 Å². The Morgan fingerprint density at radius 2 is 2.13 bits per heavy atom. The minimum absolute atomic E-state index is 0.00537. The van der Waals surface area contributed by atoms with E-state index in [9.17, 15) is 4.79 Å². The van der Waals surface area contributed by atoms with E-state index >= 15 is 0 Å². The summed E-state index contributed by atoms with van der Waals surface area (Å²) < 4.78 is 11.6. The quantitative estimate of drug-likeness (QED) is 0.935. The van der Waals surface area contributed by atoms with E-state index in [1.54, 1.807) is 23.3 Å². The molecule has 2 aromatic rings. The Kier molecular flexibility index (Phi) is 4.71. The number of likely N-dealkylation sites (N-methyl/N-ethyl adjacent to an activating group) is 1. The van der Waals surface area contributed by atoms with Crippen LogP contribution in [0.15, 0.2) is 41.8 Å². The number of hydrogen-bond acceptors (Lipinski definition) is 4. The van der Waals surface area contributed by atoms with Crippen molar-refractivity contribution in [1.29, 1.82) is 0 Å². The first-order valence-corrected chi connectivity index (χ1v) is 8.45. The second-order valence-corrected chi connectivity index (χ2v) is 6.54. The van der Waals surface area contributed by atoms with Crippen molar-refractivity contribution in [2.24, 2.45) is 0 Å². The Balaban J connectivity index is 1.53. The lowest BCUT2D eigenvalue weighted by molar-refractivity contribution is 0.0713. The van der Waals surface area contributed by atoms with Crippen LogP contribution in [0.1, 0.15) is 17.8 Å². The van der Waals surface area contributed by atoms with Crippen molar-refractivity contribution < 1.29 is 14.3 Å². The molecule has 0 aliphatic carbocycles. The molecule has 5 nitrogen and oxygen atoms in total. The summed E-state index contributed by atoms with van der Waals surface area (Å²) in [7, 11) is 1.76. The Morgan fingerprint density at radius 1 is 1.35 bits per heavy atom. The molecule has 0 unspecified atom stereocenters. The molecule has 0 fully saturated rings. The van der Waals surface area contributed by atoms with Crippen LogP contribution in [0.25, 0.3) is 0 Å². The van der Waals surface area contributed by atoms with Crippen LogP contribution >= 0.6 is 11.3 Å². The molecule has 1 aromatic heterocycles. The number of benzene rings is 1. The summed E-state index contributed by atoms with van der Waals surface area (Å²) in [5.41, 5.74) is 0. The molecule has 2 amide bonds. The van der Waals surface area contributed by atoms with Crippen molar-refractivity contribution in [2.75, 3.05) is 20.2 Å². The molecule has 23 heavy (non-hydrogen) atoms. The van der Waals surface area contributed by atoms with Gasteiger partial charge >= 0.3 is 6.03 Å². The van der Waals surface area contributed by atoms with Crippen LogP contribution in [0.5, 0.6) is 11.5 Å². The molecule has 3 rings (SSSR count). The van der Waals surface area contributed by atoms with Gasteiger partial charge < -0.3 is 19.7 Å². The van der Waals surface area contributed by atoms with Gasteiger partial charge in [-0.2, -0.15) is 0 Å². The van der Waals surface area contributed by atoms with Crippen LogP contribution in [0.3, 0.4) is 0 Å². The molecule has 2 atom stereocenters. The van der Waals surface area contributed by atoms with E-state index < -0.39 is 0 Å². The molecular weight excluding hydrogens is 312 g/mol. The van der Waals surface area contributed by atoms with Gasteiger partial charge in [-0.3, -0.25) is 0 Å². The molecule has 0 saturated carbocycles. The number of rotatable bonds is 4. The van der Waals surface area contributed by atoms with Crippen LogP contribution in [0, 0.1) is 0 Å². The highest BCUT2D eigenvalue weighted by Gasteiger charge is 2.24. The highest BCUT2D eigenvalue weighted by atomic mass is 32.1. The van der Waals surface area contributed by atoms with Gasteiger partial charge in [0.15, 0.2) is 17.6 Å². The molecule has 1 aliphatic rings. The zero-order valence-electron chi connectivity index (χ0n) is 13.2. The first-order chi connectivity index (χ1) is 11.1. The Bertz CT molecular complexity index is 660. The lowest BCUT2D eigenvalue weighted by Crippen LogP contribution is -2.46. The Labute approximate surface area is 139 Å². The van der Waals surface area contributed by atoms with Crippen molar-refractivity contribution in [2.45, 2.75) is 19.1 Å². The third kappa shape index (κ3) is 3.76. The van der Waals surface area contributed by atoms with Crippen molar-refractivity contribution in [3.05, 3.63) is 46.7 Å². The number of ether oxygens (including phenoxy) is 2. The molecule has 0 saturated heterocycles. The third-order valence-corrected chi connectivity index (χ3v) is 4.76. The predicted molar refractivity (Wildman–Crippen MR) is 90.2 cm³/mol. The molecule has 6 heteroatoms. The zero-order chi connectivity index (χ0) is 16.2. The summed E-state index contributed by atoms with van der Waals surface area (Å²) in [6, 6.07) is 11.5.